The van der Waals surface area contributed by atoms with E-state index in [2.05, 4.69) is 25.3 Å². The van der Waals surface area contributed by atoms with Crippen molar-refractivity contribution in [1.82, 2.24) is 4.90 Å². The number of fused-ring (bicyclic) bond motifs is 1. The summed E-state index contributed by atoms with van der Waals surface area (Å²) in [4.78, 5) is 47.3. The summed E-state index contributed by atoms with van der Waals surface area (Å²) in [5.74, 6) is -3.99. The van der Waals surface area contributed by atoms with Gasteiger partial charge in [0.1, 0.15) is 17.6 Å². The third-order valence-corrected chi connectivity index (χ3v) is 9.90. The van der Waals surface area contributed by atoms with Gasteiger partial charge in [-0.15, -0.1) is 6.58 Å². The first kappa shape index (κ1) is 30.8. The number of ether oxygens (including phenoxy) is 1. The molecule has 230 valence electrons. The summed E-state index contributed by atoms with van der Waals surface area (Å²) in [6.07, 6.45) is 3.21. The fourth-order valence-corrected chi connectivity index (χ4v) is 7.87. The molecule has 9 heteroatoms. The van der Waals surface area contributed by atoms with E-state index in [0.29, 0.717) is 31.4 Å². The molecule has 3 aliphatic heterocycles. The first-order valence-electron chi connectivity index (χ1n) is 15.4. The number of carboxylic acid groups (broad SMARTS) is 1. The minimum atomic E-state index is -1.31. The average Bonchev–Trinajstić information content (AvgIpc) is 3.63. The summed E-state index contributed by atoms with van der Waals surface area (Å²) in [5.41, 5.74) is 0.253. The maximum Gasteiger partial charge on any atom is 0.310 e. The number of carbonyl (C=O) groups is 3. The van der Waals surface area contributed by atoms with Crippen molar-refractivity contribution in [3.8, 4) is 0 Å². The van der Waals surface area contributed by atoms with Crippen LogP contribution in [-0.2, 0) is 25.5 Å². The van der Waals surface area contributed by atoms with Crippen molar-refractivity contribution in [2.24, 2.45) is 11.8 Å². The van der Waals surface area contributed by atoms with Crippen molar-refractivity contribution < 1.29 is 29.3 Å². The van der Waals surface area contributed by atoms with Gasteiger partial charge in [-0.2, -0.15) is 0 Å². The third kappa shape index (κ3) is 4.92. The minimum Gasteiger partial charge on any atom is -0.481 e. The van der Waals surface area contributed by atoms with Gasteiger partial charge in [0.05, 0.1) is 24.2 Å². The number of nitrogens with zero attached hydrogens (tertiary/aromatic N) is 3. The Bertz CT molecular complexity index is 1350. The summed E-state index contributed by atoms with van der Waals surface area (Å²) in [7, 11) is 0. The zero-order valence-corrected chi connectivity index (χ0v) is 25.3. The SMILES string of the molecule is C=CCN(C(=O)C1N([C@@H](CO)Cc2ccccc2)C(=O)[C@@H]2[C@H](C(=O)O)[C@]3(CC)CCC12O3)c1ccc(N(CC)CC)cc1. The fraction of sp³-hybridized carbons (Fsp3) is 0.500. The number of aliphatic hydroxyl groups excluding tert-OH is 1. The van der Waals surface area contributed by atoms with E-state index in [-0.39, 0.29) is 19.1 Å². The Morgan fingerprint density at radius 1 is 1.07 bits per heavy atom. The second-order valence-electron chi connectivity index (χ2n) is 11.9. The molecule has 1 spiro atoms. The maximum absolute atomic E-state index is 14.9. The van der Waals surface area contributed by atoms with Crippen LogP contribution in [0.25, 0.3) is 0 Å². The van der Waals surface area contributed by atoms with Crippen molar-refractivity contribution in [1.29, 1.82) is 0 Å². The van der Waals surface area contributed by atoms with E-state index in [1.54, 1.807) is 11.0 Å². The van der Waals surface area contributed by atoms with E-state index in [1.165, 1.54) is 4.90 Å². The van der Waals surface area contributed by atoms with Gasteiger partial charge in [-0.3, -0.25) is 14.4 Å². The lowest BCUT2D eigenvalue weighted by atomic mass is 9.65. The molecule has 9 nitrogen and oxygen atoms in total. The zero-order chi connectivity index (χ0) is 30.9. The number of rotatable bonds is 13. The van der Waals surface area contributed by atoms with Crippen LogP contribution in [0.3, 0.4) is 0 Å². The zero-order valence-electron chi connectivity index (χ0n) is 25.3. The average molecular weight is 590 g/mol. The number of carboxylic acids is 1. The molecule has 2 aromatic rings. The molecular formula is C34H43N3O6. The van der Waals surface area contributed by atoms with Crippen molar-refractivity contribution in [2.45, 2.75) is 69.7 Å². The number of hydrogen-bond donors (Lipinski definition) is 2. The van der Waals surface area contributed by atoms with Crippen LogP contribution in [0, 0.1) is 11.8 Å². The summed E-state index contributed by atoms with van der Waals surface area (Å²) in [5, 5.41) is 21.1. The summed E-state index contributed by atoms with van der Waals surface area (Å²) in [6.45, 7) is 11.4. The molecule has 2 N–H and O–H groups in total. The Morgan fingerprint density at radius 3 is 2.28 bits per heavy atom. The van der Waals surface area contributed by atoms with Crippen molar-refractivity contribution >= 4 is 29.2 Å². The molecule has 2 bridgehead atoms. The molecule has 3 saturated heterocycles. The highest BCUT2D eigenvalue weighted by molar-refractivity contribution is 6.05. The highest BCUT2D eigenvalue weighted by atomic mass is 16.5. The Hall–Kier alpha value is -3.69. The molecule has 0 radical (unpaired) electrons. The van der Waals surface area contributed by atoms with Gasteiger partial charge in [-0.25, -0.2) is 0 Å². The number of aliphatic hydroxyl groups is 1. The lowest BCUT2D eigenvalue weighted by Crippen LogP contribution is -2.59. The molecule has 2 unspecified atom stereocenters. The summed E-state index contributed by atoms with van der Waals surface area (Å²) < 4.78 is 6.71. The van der Waals surface area contributed by atoms with Gasteiger partial charge in [0.15, 0.2) is 0 Å². The molecule has 2 aromatic carbocycles. The Morgan fingerprint density at radius 2 is 1.72 bits per heavy atom. The summed E-state index contributed by atoms with van der Waals surface area (Å²) in [6, 6.07) is 15.4. The van der Waals surface area contributed by atoms with E-state index in [1.807, 2.05) is 61.5 Å². The first-order chi connectivity index (χ1) is 20.7. The first-order valence-corrected chi connectivity index (χ1v) is 15.4. The van der Waals surface area contributed by atoms with E-state index >= 15 is 0 Å². The molecule has 6 atom stereocenters. The third-order valence-electron chi connectivity index (χ3n) is 9.90. The van der Waals surface area contributed by atoms with Crippen molar-refractivity contribution in [3.05, 3.63) is 72.8 Å². The van der Waals surface area contributed by atoms with Crippen LogP contribution >= 0.6 is 0 Å². The number of aliphatic carboxylic acids is 1. The lowest BCUT2D eigenvalue weighted by molar-refractivity contribution is -0.157. The predicted octanol–water partition coefficient (Wildman–Crippen LogP) is 3.89. The minimum absolute atomic E-state index is 0.187. The Labute approximate surface area is 253 Å². The van der Waals surface area contributed by atoms with Crippen LogP contribution in [0.15, 0.2) is 67.3 Å². The van der Waals surface area contributed by atoms with Crippen molar-refractivity contribution in [2.75, 3.05) is 36.0 Å². The topological polar surface area (TPSA) is 111 Å². The number of hydrogen-bond acceptors (Lipinski definition) is 6. The van der Waals surface area contributed by atoms with E-state index in [4.69, 9.17) is 4.74 Å². The molecule has 0 aliphatic carbocycles. The highest BCUT2D eigenvalue weighted by Gasteiger charge is 2.79. The van der Waals surface area contributed by atoms with E-state index in [0.717, 1.165) is 24.3 Å². The predicted molar refractivity (Wildman–Crippen MR) is 165 cm³/mol. The standard InChI is InChI=1S/C34H43N3O6/c1-5-20-36(25-16-14-24(15-17-25)35(7-3)8-4)31(40)29-34-19-18-33(6-2,43-34)28(32(41)42)27(34)30(39)37(29)26(22-38)21-23-12-10-9-11-13-23/h5,9-17,26-29,38H,1,6-8,18-22H2,2-4H3,(H,41,42)/t26-,27+,28-,29?,33+,34?/m1/s1. The Kier molecular flexibility index (Phi) is 8.68. The van der Waals surface area contributed by atoms with Gasteiger partial charge in [0.2, 0.25) is 5.91 Å². The maximum atomic E-state index is 14.9. The normalized spacial score (nSPS) is 28.0. The van der Waals surface area contributed by atoms with Crippen LogP contribution in [-0.4, -0.2) is 82.4 Å². The summed E-state index contributed by atoms with van der Waals surface area (Å²) >= 11 is 0. The second kappa shape index (κ2) is 12.1. The molecule has 3 fully saturated rings. The van der Waals surface area contributed by atoms with Gasteiger partial charge in [0, 0.05) is 31.0 Å². The monoisotopic (exact) mass is 589 g/mol. The fourth-order valence-electron chi connectivity index (χ4n) is 7.87. The van der Waals surface area contributed by atoms with Gasteiger partial charge >= 0.3 is 5.97 Å². The lowest BCUT2D eigenvalue weighted by Gasteiger charge is -2.39. The van der Waals surface area contributed by atoms with E-state index in [9.17, 15) is 24.6 Å². The molecule has 2 amide bonds. The van der Waals surface area contributed by atoms with Gasteiger partial charge < -0.3 is 29.6 Å². The molecule has 0 saturated carbocycles. The van der Waals surface area contributed by atoms with Crippen LogP contribution in [0.5, 0.6) is 0 Å². The van der Waals surface area contributed by atoms with Crippen LogP contribution in [0.4, 0.5) is 11.4 Å². The molecular weight excluding hydrogens is 546 g/mol. The molecule has 3 aliphatic rings. The molecule has 43 heavy (non-hydrogen) atoms. The number of anilines is 2. The number of carbonyl (C=O) groups excluding carboxylic acids is 2. The van der Waals surface area contributed by atoms with Crippen LogP contribution < -0.4 is 9.80 Å². The number of amides is 2. The highest BCUT2D eigenvalue weighted by Crippen LogP contribution is 2.64. The van der Waals surface area contributed by atoms with E-state index < -0.39 is 47.0 Å². The van der Waals surface area contributed by atoms with Crippen LogP contribution in [0.1, 0.15) is 45.6 Å². The van der Waals surface area contributed by atoms with Crippen molar-refractivity contribution in [3.63, 3.8) is 0 Å². The largest absolute Gasteiger partial charge is 0.481 e. The van der Waals surface area contributed by atoms with Crippen LogP contribution in [0.2, 0.25) is 0 Å². The number of benzene rings is 2. The molecule has 0 aromatic heterocycles. The number of likely N-dealkylation sites (tertiary alicyclic amines) is 1. The van der Waals surface area contributed by atoms with Gasteiger partial charge in [-0.1, -0.05) is 43.3 Å². The Balaban J connectivity index is 1.60. The quantitative estimate of drug-likeness (QED) is 0.341. The molecule has 5 rings (SSSR count). The second-order valence-corrected chi connectivity index (χ2v) is 11.9. The van der Waals surface area contributed by atoms with Gasteiger partial charge in [0.25, 0.3) is 5.91 Å². The molecule has 3 heterocycles. The smallest absolute Gasteiger partial charge is 0.310 e. The van der Waals surface area contributed by atoms with Gasteiger partial charge in [-0.05, 0) is 69.4 Å².